The van der Waals surface area contributed by atoms with Gasteiger partial charge in [-0.1, -0.05) is 50.4 Å². The summed E-state index contributed by atoms with van der Waals surface area (Å²) in [4.78, 5) is 4.96. The van der Waals surface area contributed by atoms with Gasteiger partial charge in [-0.3, -0.25) is 0 Å². The van der Waals surface area contributed by atoms with Crippen molar-refractivity contribution in [3.63, 3.8) is 0 Å². The molecule has 1 N–H and O–H groups in total. The third-order valence-electron chi connectivity index (χ3n) is 7.34. The molecule has 34 heavy (non-hydrogen) atoms. The van der Waals surface area contributed by atoms with Gasteiger partial charge in [0.25, 0.3) is 0 Å². The summed E-state index contributed by atoms with van der Waals surface area (Å²) in [6.45, 7) is 7.75. The molecule has 1 aliphatic heterocycles. The fourth-order valence-corrected chi connectivity index (χ4v) is 6.05. The van der Waals surface area contributed by atoms with Crippen molar-refractivity contribution in [1.82, 2.24) is 4.90 Å². The van der Waals surface area contributed by atoms with Crippen LogP contribution in [-0.2, 0) is 13.0 Å². The summed E-state index contributed by atoms with van der Waals surface area (Å²) < 4.78 is 5.55. The summed E-state index contributed by atoms with van der Waals surface area (Å²) in [6.07, 6.45) is 8.57. The van der Waals surface area contributed by atoms with Gasteiger partial charge in [0.15, 0.2) is 5.11 Å². The summed E-state index contributed by atoms with van der Waals surface area (Å²) in [5.41, 5.74) is 5.08. The van der Waals surface area contributed by atoms with Gasteiger partial charge in [0.05, 0.1) is 12.8 Å². The summed E-state index contributed by atoms with van der Waals surface area (Å²) in [7, 11) is 1.66. The number of anilines is 2. The summed E-state index contributed by atoms with van der Waals surface area (Å²) in [5, 5.41) is 4.88. The minimum absolute atomic E-state index is 0.430. The van der Waals surface area contributed by atoms with E-state index >= 15 is 0 Å². The Morgan fingerprint density at radius 3 is 2.76 bits per heavy atom. The van der Waals surface area contributed by atoms with Gasteiger partial charge < -0.3 is 19.9 Å². The van der Waals surface area contributed by atoms with Crippen molar-refractivity contribution >= 4 is 40.3 Å². The Bertz CT molecular complexity index is 998. The van der Waals surface area contributed by atoms with Gasteiger partial charge in [-0.25, -0.2) is 0 Å². The normalized spacial score (nSPS) is 19.9. The third kappa shape index (κ3) is 5.80. The zero-order valence-electron chi connectivity index (χ0n) is 20.8. The molecule has 2 aliphatic rings. The van der Waals surface area contributed by atoms with Gasteiger partial charge in [0, 0.05) is 42.5 Å². The van der Waals surface area contributed by atoms with E-state index < -0.39 is 0 Å². The SMILES string of the molecule is CCCN1CCCc2cc(CN(C(=S)Nc3ccc(Cl)cc3OC)[C@H]3CCCC[C@@H]3C)ccc21. The van der Waals surface area contributed by atoms with E-state index in [1.54, 1.807) is 7.11 Å². The van der Waals surface area contributed by atoms with E-state index in [-0.39, 0.29) is 0 Å². The lowest BCUT2D eigenvalue weighted by Crippen LogP contribution is -2.46. The molecule has 2 aromatic carbocycles. The maximum atomic E-state index is 6.18. The molecule has 2 aromatic rings. The minimum atomic E-state index is 0.430. The van der Waals surface area contributed by atoms with Crippen LogP contribution >= 0.6 is 23.8 Å². The van der Waals surface area contributed by atoms with Crippen molar-refractivity contribution in [3.8, 4) is 5.75 Å². The number of nitrogens with one attached hydrogen (secondary N) is 1. The predicted molar refractivity (Wildman–Crippen MR) is 148 cm³/mol. The average Bonchev–Trinajstić information content (AvgIpc) is 2.84. The third-order valence-corrected chi connectivity index (χ3v) is 7.91. The number of hydrogen-bond donors (Lipinski definition) is 1. The van der Waals surface area contributed by atoms with Gasteiger partial charge in [-0.15, -0.1) is 0 Å². The quantitative estimate of drug-likeness (QED) is 0.404. The molecule has 2 atom stereocenters. The van der Waals surface area contributed by atoms with Crippen LogP contribution in [0, 0.1) is 5.92 Å². The molecule has 4 nitrogen and oxygen atoms in total. The summed E-state index contributed by atoms with van der Waals surface area (Å²) >= 11 is 12.2. The number of benzene rings is 2. The van der Waals surface area contributed by atoms with E-state index in [2.05, 4.69) is 47.2 Å². The number of rotatable bonds is 7. The lowest BCUT2D eigenvalue weighted by atomic mass is 9.84. The van der Waals surface area contributed by atoms with E-state index in [0.29, 0.717) is 22.7 Å². The van der Waals surface area contributed by atoms with Gasteiger partial charge >= 0.3 is 0 Å². The van der Waals surface area contributed by atoms with Crippen LogP contribution in [0.3, 0.4) is 0 Å². The van der Waals surface area contributed by atoms with Crippen LogP contribution in [0.15, 0.2) is 36.4 Å². The number of ether oxygens (including phenoxy) is 1. The molecule has 0 amide bonds. The molecular formula is C28H38ClN3OS. The Morgan fingerprint density at radius 1 is 1.18 bits per heavy atom. The highest BCUT2D eigenvalue weighted by atomic mass is 35.5. The average molecular weight is 500 g/mol. The van der Waals surface area contributed by atoms with E-state index in [1.807, 2.05) is 18.2 Å². The molecule has 184 valence electrons. The minimum Gasteiger partial charge on any atom is -0.495 e. The Morgan fingerprint density at radius 2 is 2.00 bits per heavy atom. The number of methoxy groups -OCH3 is 1. The van der Waals surface area contributed by atoms with Crippen LogP contribution < -0.4 is 15.0 Å². The van der Waals surface area contributed by atoms with Gasteiger partial charge in [-0.2, -0.15) is 0 Å². The maximum absolute atomic E-state index is 6.18. The van der Waals surface area contributed by atoms with Crippen LogP contribution in [-0.4, -0.2) is 36.3 Å². The largest absolute Gasteiger partial charge is 0.495 e. The molecule has 0 radical (unpaired) electrons. The first-order valence-corrected chi connectivity index (χ1v) is 13.6. The number of nitrogens with zero attached hydrogens (tertiary/aromatic N) is 2. The second kappa shape index (κ2) is 11.6. The zero-order chi connectivity index (χ0) is 24.1. The lowest BCUT2D eigenvalue weighted by molar-refractivity contribution is 0.177. The first-order chi connectivity index (χ1) is 16.5. The number of halogens is 1. The highest BCUT2D eigenvalue weighted by molar-refractivity contribution is 7.80. The molecule has 1 heterocycles. The summed E-state index contributed by atoms with van der Waals surface area (Å²) in [5.74, 6) is 1.31. The Balaban J connectivity index is 1.59. The standard InChI is InChI=1S/C28H38ClN3OS/c1-4-15-31-16-7-9-22-17-21(11-14-26(22)31)19-32(25-10-6-5-8-20(25)2)28(34)30-24-13-12-23(29)18-27(24)33-3/h11-14,17-18,20,25H,4-10,15-16,19H2,1-3H3,(H,30,34)/t20-,25-/m0/s1. The number of thiocarbonyl (C=S) groups is 1. The fraction of sp³-hybridized carbons (Fsp3) is 0.536. The smallest absolute Gasteiger partial charge is 0.174 e. The van der Waals surface area contributed by atoms with E-state index in [0.717, 1.165) is 30.3 Å². The molecule has 1 fully saturated rings. The predicted octanol–water partition coefficient (Wildman–Crippen LogP) is 7.29. The monoisotopic (exact) mass is 499 g/mol. The van der Waals surface area contributed by atoms with Crippen molar-refractivity contribution in [2.24, 2.45) is 5.92 Å². The number of aryl methyl sites for hydroxylation is 1. The number of fused-ring (bicyclic) bond motifs is 1. The molecule has 6 heteroatoms. The molecule has 0 bridgehead atoms. The van der Waals surface area contributed by atoms with Crippen molar-refractivity contribution < 1.29 is 4.74 Å². The zero-order valence-corrected chi connectivity index (χ0v) is 22.4. The topological polar surface area (TPSA) is 27.7 Å². The molecule has 1 aliphatic carbocycles. The second-order valence-corrected chi connectivity index (χ2v) is 10.6. The highest BCUT2D eigenvalue weighted by Crippen LogP contribution is 2.33. The van der Waals surface area contributed by atoms with E-state index in [1.165, 1.54) is 61.9 Å². The van der Waals surface area contributed by atoms with Crippen LogP contribution in [0.1, 0.15) is 63.5 Å². The first kappa shape index (κ1) is 25.1. The van der Waals surface area contributed by atoms with Crippen molar-refractivity contribution in [2.75, 3.05) is 30.4 Å². The molecular weight excluding hydrogens is 462 g/mol. The maximum Gasteiger partial charge on any atom is 0.174 e. The van der Waals surface area contributed by atoms with Crippen LogP contribution in [0.25, 0.3) is 0 Å². The van der Waals surface area contributed by atoms with Crippen LogP contribution in [0.2, 0.25) is 5.02 Å². The van der Waals surface area contributed by atoms with Gasteiger partial charge in [0.2, 0.25) is 0 Å². The molecule has 4 rings (SSSR count). The Labute approximate surface area is 215 Å². The lowest BCUT2D eigenvalue weighted by Gasteiger charge is -2.40. The molecule has 0 spiro atoms. The van der Waals surface area contributed by atoms with Crippen LogP contribution in [0.5, 0.6) is 5.75 Å². The van der Waals surface area contributed by atoms with Crippen LogP contribution in [0.4, 0.5) is 11.4 Å². The fourth-order valence-electron chi connectivity index (χ4n) is 5.58. The molecule has 1 saturated carbocycles. The second-order valence-electron chi connectivity index (χ2n) is 9.79. The number of hydrogen-bond acceptors (Lipinski definition) is 3. The molecule has 0 unspecified atom stereocenters. The highest BCUT2D eigenvalue weighted by Gasteiger charge is 2.30. The molecule has 0 aromatic heterocycles. The summed E-state index contributed by atoms with van der Waals surface area (Å²) in [6, 6.07) is 13.1. The van der Waals surface area contributed by atoms with E-state index in [4.69, 9.17) is 28.6 Å². The van der Waals surface area contributed by atoms with E-state index in [9.17, 15) is 0 Å². The van der Waals surface area contributed by atoms with Crippen molar-refractivity contribution in [3.05, 3.63) is 52.5 Å². The molecule has 0 saturated heterocycles. The first-order valence-electron chi connectivity index (χ1n) is 12.8. The van der Waals surface area contributed by atoms with Crippen molar-refractivity contribution in [1.29, 1.82) is 0 Å². The Hall–Kier alpha value is -1.98. The van der Waals surface area contributed by atoms with Gasteiger partial charge in [0.1, 0.15) is 5.75 Å². The van der Waals surface area contributed by atoms with Gasteiger partial charge in [-0.05, 0) is 79.6 Å². The van der Waals surface area contributed by atoms with Crippen molar-refractivity contribution in [2.45, 2.75) is 71.4 Å². The Kier molecular flexibility index (Phi) is 8.60.